The lowest BCUT2D eigenvalue weighted by Crippen LogP contribution is -2.22. The number of hydrogen-bond acceptors (Lipinski definition) is 3. The molecule has 0 bridgehead atoms. The Morgan fingerprint density at radius 2 is 1.71 bits per heavy atom. The highest BCUT2D eigenvalue weighted by Gasteiger charge is 2.16. The highest BCUT2D eigenvalue weighted by atomic mass is 32.2. The van der Waals surface area contributed by atoms with E-state index in [9.17, 15) is 4.79 Å². The summed E-state index contributed by atoms with van der Waals surface area (Å²) in [5.41, 5.74) is 1.06. The minimum Gasteiger partial charge on any atom is -0.457 e. The van der Waals surface area contributed by atoms with Crippen LogP contribution in [-0.4, -0.2) is 16.8 Å². The average Bonchev–Trinajstić information content (AvgIpc) is 2.43. The molecule has 0 heterocycles. The van der Waals surface area contributed by atoms with Gasteiger partial charge in [-0.05, 0) is 50.3 Å². The molecular formula is C21H32O2S. The third-order valence-electron chi connectivity index (χ3n) is 3.43. The lowest BCUT2D eigenvalue weighted by molar-refractivity contribution is -0.148. The van der Waals surface area contributed by atoms with Gasteiger partial charge in [-0.2, -0.15) is 0 Å². The Labute approximate surface area is 152 Å². The normalized spacial score (nSPS) is 14.0. The number of esters is 1. The summed E-state index contributed by atoms with van der Waals surface area (Å²) >= 11 is 1.80. The molecule has 0 aliphatic heterocycles. The maximum Gasteiger partial charge on any atom is 0.330 e. The molecule has 1 atom stereocenters. The number of carbonyl (C=O) groups excluding carboxylic acids is 1. The van der Waals surface area contributed by atoms with E-state index in [4.69, 9.17) is 4.74 Å². The van der Waals surface area contributed by atoms with E-state index in [0.717, 1.165) is 12.8 Å². The second-order valence-electron chi connectivity index (χ2n) is 8.11. The van der Waals surface area contributed by atoms with Crippen molar-refractivity contribution in [2.45, 2.75) is 82.5 Å². The van der Waals surface area contributed by atoms with Crippen molar-refractivity contribution in [1.29, 1.82) is 0 Å². The van der Waals surface area contributed by atoms with Crippen LogP contribution in [-0.2, 0) is 14.9 Å². The van der Waals surface area contributed by atoms with Crippen LogP contribution in [0.15, 0.2) is 41.3 Å². The van der Waals surface area contributed by atoms with Gasteiger partial charge in [-0.3, -0.25) is 0 Å². The summed E-state index contributed by atoms with van der Waals surface area (Å²) in [6.07, 6.45) is 5.66. The summed E-state index contributed by atoms with van der Waals surface area (Å²) in [5, 5.41) is 0.281. The summed E-state index contributed by atoms with van der Waals surface area (Å²) in [7, 11) is 0. The van der Waals surface area contributed by atoms with Crippen molar-refractivity contribution in [3.8, 4) is 0 Å². The van der Waals surface area contributed by atoms with Crippen LogP contribution in [0.2, 0.25) is 0 Å². The minimum atomic E-state index is -0.447. The Kier molecular flexibility index (Phi) is 7.59. The van der Waals surface area contributed by atoms with E-state index < -0.39 is 5.60 Å². The molecule has 0 aliphatic rings. The van der Waals surface area contributed by atoms with E-state index in [2.05, 4.69) is 52.0 Å². The van der Waals surface area contributed by atoms with Crippen LogP contribution in [0.3, 0.4) is 0 Å². The van der Waals surface area contributed by atoms with Crippen molar-refractivity contribution in [1.82, 2.24) is 0 Å². The Morgan fingerprint density at radius 3 is 2.17 bits per heavy atom. The van der Waals surface area contributed by atoms with E-state index in [0.29, 0.717) is 0 Å². The van der Waals surface area contributed by atoms with Gasteiger partial charge >= 0.3 is 5.97 Å². The fourth-order valence-electron chi connectivity index (χ4n) is 2.21. The van der Waals surface area contributed by atoms with Gasteiger partial charge in [0.25, 0.3) is 0 Å². The number of benzene rings is 1. The van der Waals surface area contributed by atoms with Crippen LogP contribution in [0, 0.1) is 0 Å². The predicted molar refractivity (Wildman–Crippen MR) is 105 cm³/mol. The molecule has 3 heteroatoms. The first-order chi connectivity index (χ1) is 11.0. The Bertz CT molecular complexity index is 545. The van der Waals surface area contributed by atoms with Crippen LogP contribution in [0.5, 0.6) is 0 Å². The van der Waals surface area contributed by atoms with Crippen molar-refractivity contribution >= 4 is 17.7 Å². The quantitative estimate of drug-likeness (QED) is 0.351. The first-order valence-corrected chi connectivity index (χ1v) is 9.57. The van der Waals surface area contributed by atoms with Crippen molar-refractivity contribution in [3.05, 3.63) is 42.0 Å². The zero-order valence-corrected chi connectivity index (χ0v) is 17.0. The number of rotatable bonds is 6. The van der Waals surface area contributed by atoms with Gasteiger partial charge in [-0.1, -0.05) is 52.3 Å². The van der Waals surface area contributed by atoms with Gasteiger partial charge in [0.15, 0.2) is 0 Å². The molecule has 0 saturated carbocycles. The Hall–Kier alpha value is -1.22. The third kappa shape index (κ3) is 8.05. The molecule has 0 saturated heterocycles. The molecule has 1 rings (SSSR count). The van der Waals surface area contributed by atoms with Crippen LogP contribution in [0.1, 0.15) is 66.9 Å². The van der Waals surface area contributed by atoms with Crippen molar-refractivity contribution < 1.29 is 9.53 Å². The molecule has 1 aromatic carbocycles. The maximum absolute atomic E-state index is 11.9. The Morgan fingerprint density at radius 1 is 1.12 bits per heavy atom. The molecule has 24 heavy (non-hydrogen) atoms. The van der Waals surface area contributed by atoms with Gasteiger partial charge < -0.3 is 4.74 Å². The van der Waals surface area contributed by atoms with Crippen LogP contribution in [0.25, 0.3) is 0 Å². The van der Waals surface area contributed by atoms with Crippen LogP contribution >= 0.6 is 11.8 Å². The summed E-state index contributed by atoms with van der Waals surface area (Å²) < 4.78 is 5.33. The van der Waals surface area contributed by atoms with Gasteiger partial charge in [-0.25, -0.2) is 4.79 Å². The molecule has 0 spiro atoms. The van der Waals surface area contributed by atoms with E-state index in [-0.39, 0.29) is 16.6 Å². The van der Waals surface area contributed by atoms with E-state index in [1.807, 2.05) is 26.8 Å². The summed E-state index contributed by atoms with van der Waals surface area (Å²) in [6, 6.07) is 8.75. The first-order valence-electron chi connectivity index (χ1n) is 8.69. The number of thioether (sulfide) groups is 1. The highest BCUT2D eigenvalue weighted by molar-refractivity contribution is 8.00. The lowest BCUT2D eigenvalue weighted by atomic mass is 9.87. The zero-order valence-electron chi connectivity index (χ0n) is 16.2. The fourth-order valence-corrected chi connectivity index (χ4v) is 3.36. The second-order valence-corrected chi connectivity index (χ2v) is 9.42. The minimum absolute atomic E-state index is 0.169. The van der Waals surface area contributed by atoms with Crippen molar-refractivity contribution in [2.24, 2.45) is 0 Å². The average molecular weight is 349 g/mol. The molecule has 0 amide bonds. The van der Waals surface area contributed by atoms with Crippen LogP contribution in [0.4, 0.5) is 0 Å². The molecule has 0 fully saturated rings. The van der Waals surface area contributed by atoms with Gasteiger partial charge in [0.1, 0.15) is 5.60 Å². The number of ether oxygens (including phenoxy) is 1. The van der Waals surface area contributed by atoms with Gasteiger partial charge in [0.2, 0.25) is 0 Å². The molecule has 0 aromatic heterocycles. The van der Waals surface area contributed by atoms with E-state index >= 15 is 0 Å². The largest absolute Gasteiger partial charge is 0.457 e. The highest BCUT2D eigenvalue weighted by Crippen LogP contribution is 2.30. The van der Waals surface area contributed by atoms with Gasteiger partial charge in [0, 0.05) is 16.2 Å². The smallest absolute Gasteiger partial charge is 0.330 e. The van der Waals surface area contributed by atoms with Crippen LogP contribution < -0.4 is 0 Å². The summed E-state index contributed by atoms with van der Waals surface area (Å²) in [4.78, 5) is 13.1. The standard InChI is InChI=1S/C21H32O2S/c1-8-9-17(14-15-19(22)23-21(5,6)7)24-18-12-10-16(11-13-18)20(2,3)4/h10-15,17H,8-9H2,1-7H3/b15-14+/t17-/m0/s1. The molecule has 0 aliphatic carbocycles. The van der Waals surface area contributed by atoms with E-state index in [1.165, 1.54) is 10.5 Å². The van der Waals surface area contributed by atoms with E-state index in [1.54, 1.807) is 17.8 Å². The molecule has 0 N–H and O–H groups in total. The van der Waals surface area contributed by atoms with Gasteiger partial charge in [0.05, 0.1) is 0 Å². The summed E-state index contributed by atoms with van der Waals surface area (Å²) in [5.74, 6) is -0.271. The SMILES string of the molecule is CCC[C@@H](/C=C/C(=O)OC(C)(C)C)Sc1ccc(C(C)(C)C)cc1. The molecule has 134 valence electrons. The fraction of sp³-hybridized carbons (Fsp3) is 0.571. The zero-order chi connectivity index (χ0) is 18.4. The molecule has 2 nitrogen and oxygen atoms in total. The predicted octanol–water partition coefficient (Wildman–Crippen LogP) is 6.14. The topological polar surface area (TPSA) is 26.3 Å². The van der Waals surface area contributed by atoms with Gasteiger partial charge in [-0.15, -0.1) is 11.8 Å². The van der Waals surface area contributed by atoms with Crippen molar-refractivity contribution in [2.75, 3.05) is 0 Å². The first kappa shape index (κ1) is 20.8. The Balaban J connectivity index is 2.74. The molecule has 0 radical (unpaired) electrons. The maximum atomic E-state index is 11.9. The number of carbonyl (C=O) groups is 1. The monoisotopic (exact) mass is 348 g/mol. The third-order valence-corrected chi connectivity index (χ3v) is 4.67. The molecular weight excluding hydrogens is 316 g/mol. The lowest BCUT2D eigenvalue weighted by Gasteiger charge is -2.20. The summed E-state index contributed by atoms with van der Waals surface area (Å²) in [6.45, 7) is 14.5. The van der Waals surface area contributed by atoms with Crippen molar-refractivity contribution in [3.63, 3.8) is 0 Å². The molecule has 0 unspecified atom stereocenters. The molecule has 1 aromatic rings. The second kappa shape index (κ2) is 8.75. The number of hydrogen-bond donors (Lipinski definition) is 0.